The molecule has 1 amide bonds. The van der Waals surface area contributed by atoms with E-state index in [2.05, 4.69) is 4.98 Å². The first-order valence-corrected chi connectivity index (χ1v) is 6.49. The van der Waals surface area contributed by atoms with Crippen molar-refractivity contribution in [2.24, 2.45) is 0 Å². The molecule has 1 aromatic heterocycles. The average molecular weight is 284 g/mol. The van der Waals surface area contributed by atoms with Crippen LogP contribution in [-0.4, -0.2) is 33.3 Å². The van der Waals surface area contributed by atoms with E-state index < -0.39 is 4.92 Å². The number of carbonyl (C=O) groups excluding carboxylic acids is 1. The van der Waals surface area contributed by atoms with E-state index in [1.54, 1.807) is 4.90 Å². The SMILES string of the molecule is CC1CCCCN1C(=O)c1cc(Cl)ncc1[N+](=O)[O-]. The Morgan fingerprint density at radius 3 is 2.95 bits per heavy atom. The number of hydrogen-bond donors (Lipinski definition) is 0. The second kappa shape index (κ2) is 5.52. The molecule has 1 unspecified atom stereocenters. The van der Waals surface area contributed by atoms with Gasteiger partial charge < -0.3 is 4.90 Å². The van der Waals surface area contributed by atoms with Gasteiger partial charge in [-0.1, -0.05) is 11.6 Å². The molecule has 1 aromatic rings. The highest BCUT2D eigenvalue weighted by atomic mass is 35.5. The number of nitro groups is 1. The summed E-state index contributed by atoms with van der Waals surface area (Å²) in [5, 5.41) is 11.0. The molecule has 1 aliphatic rings. The molecule has 1 aliphatic heterocycles. The topological polar surface area (TPSA) is 76.3 Å². The minimum absolute atomic E-state index is 0.0127. The van der Waals surface area contributed by atoms with Gasteiger partial charge >= 0.3 is 0 Å². The second-order valence-corrected chi connectivity index (χ2v) is 5.01. The van der Waals surface area contributed by atoms with Crippen molar-refractivity contribution in [1.29, 1.82) is 0 Å². The number of halogens is 1. The third-order valence-electron chi connectivity index (χ3n) is 3.34. The third-order valence-corrected chi connectivity index (χ3v) is 3.55. The molecule has 0 N–H and O–H groups in total. The summed E-state index contributed by atoms with van der Waals surface area (Å²) in [5.74, 6) is -0.344. The number of rotatable bonds is 2. The molecule has 0 saturated carbocycles. The van der Waals surface area contributed by atoms with E-state index >= 15 is 0 Å². The number of amides is 1. The molecular formula is C12H14ClN3O3. The van der Waals surface area contributed by atoms with E-state index in [-0.39, 0.29) is 28.4 Å². The summed E-state index contributed by atoms with van der Waals surface area (Å²) < 4.78 is 0. The van der Waals surface area contributed by atoms with Crippen molar-refractivity contribution in [3.05, 3.63) is 33.1 Å². The first-order valence-electron chi connectivity index (χ1n) is 6.11. The van der Waals surface area contributed by atoms with Crippen LogP contribution in [0.5, 0.6) is 0 Å². The Kier molecular flexibility index (Phi) is 3.99. The van der Waals surface area contributed by atoms with Crippen LogP contribution in [0.1, 0.15) is 36.5 Å². The Bertz CT molecular complexity index is 521. The normalized spacial score (nSPS) is 19.3. The first kappa shape index (κ1) is 13.7. The maximum atomic E-state index is 12.4. The molecular weight excluding hydrogens is 270 g/mol. The van der Waals surface area contributed by atoms with Crippen molar-refractivity contribution in [2.45, 2.75) is 32.2 Å². The van der Waals surface area contributed by atoms with Crippen molar-refractivity contribution >= 4 is 23.2 Å². The zero-order valence-corrected chi connectivity index (χ0v) is 11.3. The maximum absolute atomic E-state index is 12.4. The standard InChI is InChI=1S/C12H14ClN3O3/c1-8-4-2-3-5-15(8)12(17)9-6-11(13)14-7-10(9)16(18)19/h6-8H,2-5H2,1H3. The highest BCUT2D eigenvalue weighted by Crippen LogP contribution is 2.25. The van der Waals surface area contributed by atoms with Crippen LogP contribution in [0.3, 0.4) is 0 Å². The van der Waals surface area contributed by atoms with Gasteiger partial charge in [0, 0.05) is 12.6 Å². The van der Waals surface area contributed by atoms with Gasteiger partial charge in [0.1, 0.15) is 16.9 Å². The zero-order chi connectivity index (χ0) is 14.0. The molecule has 102 valence electrons. The Morgan fingerprint density at radius 1 is 1.58 bits per heavy atom. The van der Waals surface area contributed by atoms with Crippen LogP contribution in [0.2, 0.25) is 5.15 Å². The second-order valence-electron chi connectivity index (χ2n) is 4.62. The number of hydrogen-bond acceptors (Lipinski definition) is 4. The molecule has 2 heterocycles. The van der Waals surface area contributed by atoms with E-state index in [9.17, 15) is 14.9 Å². The van der Waals surface area contributed by atoms with Gasteiger partial charge in [0.05, 0.1) is 4.92 Å². The fraction of sp³-hybridized carbons (Fsp3) is 0.500. The van der Waals surface area contributed by atoms with E-state index in [0.717, 1.165) is 25.5 Å². The number of piperidine rings is 1. The van der Waals surface area contributed by atoms with Gasteiger partial charge in [-0.2, -0.15) is 0 Å². The Balaban J connectivity index is 2.37. The third kappa shape index (κ3) is 2.84. The highest BCUT2D eigenvalue weighted by Gasteiger charge is 2.29. The van der Waals surface area contributed by atoms with Crippen LogP contribution in [-0.2, 0) is 0 Å². The van der Waals surface area contributed by atoms with Gasteiger partial charge in [-0.05, 0) is 32.3 Å². The molecule has 1 saturated heterocycles. The molecule has 0 bridgehead atoms. The summed E-state index contributed by atoms with van der Waals surface area (Å²) in [6.07, 6.45) is 3.94. The summed E-state index contributed by atoms with van der Waals surface area (Å²) in [4.78, 5) is 28.1. The van der Waals surface area contributed by atoms with Crippen LogP contribution in [0.15, 0.2) is 12.3 Å². The minimum Gasteiger partial charge on any atom is -0.336 e. The molecule has 1 fully saturated rings. The summed E-state index contributed by atoms with van der Waals surface area (Å²) >= 11 is 5.74. The van der Waals surface area contributed by atoms with Crippen molar-refractivity contribution in [3.63, 3.8) is 0 Å². The summed E-state index contributed by atoms with van der Waals surface area (Å²) in [5.41, 5.74) is -0.286. The van der Waals surface area contributed by atoms with Gasteiger partial charge in [-0.3, -0.25) is 14.9 Å². The lowest BCUT2D eigenvalue weighted by molar-refractivity contribution is -0.385. The minimum atomic E-state index is -0.606. The quantitative estimate of drug-likeness (QED) is 0.475. The smallest absolute Gasteiger partial charge is 0.300 e. The molecule has 0 aromatic carbocycles. The van der Waals surface area contributed by atoms with Crippen molar-refractivity contribution < 1.29 is 9.72 Å². The van der Waals surface area contributed by atoms with Crippen LogP contribution >= 0.6 is 11.6 Å². The van der Waals surface area contributed by atoms with Crippen molar-refractivity contribution in [3.8, 4) is 0 Å². The van der Waals surface area contributed by atoms with E-state index in [1.807, 2.05) is 6.92 Å². The largest absolute Gasteiger partial charge is 0.336 e. The van der Waals surface area contributed by atoms with Gasteiger partial charge in [-0.15, -0.1) is 0 Å². The summed E-state index contributed by atoms with van der Waals surface area (Å²) in [7, 11) is 0. The Morgan fingerprint density at radius 2 is 2.32 bits per heavy atom. The molecule has 0 spiro atoms. The number of pyridine rings is 1. The average Bonchev–Trinajstić information content (AvgIpc) is 2.38. The summed E-state index contributed by atoms with van der Waals surface area (Å²) in [6, 6.07) is 1.36. The predicted molar refractivity (Wildman–Crippen MR) is 70.3 cm³/mol. The fourth-order valence-electron chi connectivity index (χ4n) is 2.29. The lowest BCUT2D eigenvalue weighted by Gasteiger charge is -2.33. The monoisotopic (exact) mass is 283 g/mol. The zero-order valence-electron chi connectivity index (χ0n) is 10.5. The van der Waals surface area contributed by atoms with Gasteiger partial charge in [-0.25, -0.2) is 4.98 Å². The molecule has 2 rings (SSSR count). The van der Waals surface area contributed by atoms with E-state index in [4.69, 9.17) is 11.6 Å². The van der Waals surface area contributed by atoms with Crippen molar-refractivity contribution in [2.75, 3.05) is 6.54 Å². The number of likely N-dealkylation sites (tertiary alicyclic amines) is 1. The molecule has 7 heteroatoms. The fourth-order valence-corrected chi connectivity index (χ4v) is 2.45. The number of nitrogens with zero attached hydrogens (tertiary/aromatic N) is 3. The van der Waals surface area contributed by atoms with Gasteiger partial charge in [0.25, 0.3) is 11.6 Å². The summed E-state index contributed by atoms with van der Waals surface area (Å²) in [6.45, 7) is 2.57. The Hall–Kier alpha value is -1.69. The number of aromatic nitrogens is 1. The van der Waals surface area contributed by atoms with Crippen LogP contribution < -0.4 is 0 Å². The lowest BCUT2D eigenvalue weighted by atomic mass is 10.0. The van der Waals surface area contributed by atoms with Gasteiger partial charge in [0.15, 0.2) is 0 Å². The lowest BCUT2D eigenvalue weighted by Crippen LogP contribution is -2.42. The van der Waals surface area contributed by atoms with E-state index in [0.29, 0.717) is 6.54 Å². The number of carbonyl (C=O) groups is 1. The van der Waals surface area contributed by atoms with Crippen molar-refractivity contribution in [1.82, 2.24) is 9.88 Å². The maximum Gasteiger partial charge on any atom is 0.300 e. The Labute approximate surface area is 115 Å². The highest BCUT2D eigenvalue weighted by molar-refractivity contribution is 6.29. The van der Waals surface area contributed by atoms with Crippen LogP contribution in [0.4, 0.5) is 5.69 Å². The molecule has 1 atom stereocenters. The van der Waals surface area contributed by atoms with E-state index in [1.165, 1.54) is 6.07 Å². The molecule has 0 radical (unpaired) electrons. The first-order chi connectivity index (χ1) is 9.00. The predicted octanol–water partition coefficient (Wildman–Crippen LogP) is 2.66. The molecule has 6 nitrogen and oxygen atoms in total. The molecule has 0 aliphatic carbocycles. The van der Waals surface area contributed by atoms with Crippen LogP contribution in [0, 0.1) is 10.1 Å². The molecule has 19 heavy (non-hydrogen) atoms. The van der Waals surface area contributed by atoms with Crippen LogP contribution in [0.25, 0.3) is 0 Å². The van der Waals surface area contributed by atoms with Gasteiger partial charge in [0.2, 0.25) is 0 Å².